The topological polar surface area (TPSA) is 91.0 Å². The van der Waals surface area contributed by atoms with Gasteiger partial charge in [-0.3, -0.25) is 5.41 Å². The van der Waals surface area contributed by atoms with E-state index >= 15 is 0 Å². The number of amides is 2. The second-order valence-corrected chi connectivity index (χ2v) is 6.12. The first-order valence-corrected chi connectivity index (χ1v) is 7.42. The van der Waals surface area contributed by atoms with Crippen LogP contribution in [-0.4, -0.2) is 17.4 Å². The molecule has 0 atom stereocenters. The van der Waals surface area contributed by atoms with Gasteiger partial charge in [0.2, 0.25) is 0 Å². The smallest absolute Gasteiger partial charge is 0.320 e. The van der Waals surface area contributed by atoms with Crippen molar-refractivity contribution in [2.75, 3.05) is 5.32 Å². The molecule has 0 bridgehead atoms. The summed E-state index contributed by atoms with van der Waals surface area (Å²) in [7, 11) is 0. The van der Waals surface area contributed by atoms with Gasteiger partial charge in [0.05, 0.1) is 5.54 Å². The van der Waals surface area contributed by atoms with Crippen LogP contribution in [0.1, 0.15) is 38.2 Å². The Morgan fingerprint density at radius 3 is 2.38 bits per heavy atom. The van der Waals surface area contributed by atoms with Crippen molar-refractivity contribution in [3.8, 4) is 0 Å². The maximum Gasteiger partial charge on any atom is 0.320 e. The number of carbonyl (C=O) groups excluding carboxylic acids is 1. The van der Waals surface area contributed by atoms with Crippen LogP contribution in [0.2, 0.25) is 0 Å². The Labute approximate surface area is 125 Å². The molecule has 0 heterocycles. The van der Waals surface area contributed by atoms with E-state index in [9.17, 15) is 4.79 Å². The molecule has 1 aromatic carbocycles. The quantitative estimate of drug-likeness (QED) is 0.508. The Morgan fingerprint density at radius 2 is 1.86 bits per heavy atom. The summed E-state index contributed by atoms with van der Waals surface area (Å²) in [6.45, 7) is 4.19. The predicted octanol–water partition coefficient (Wildman–Crippen LogP) is 3.00. The van der Waals surface area contributed by atoms with E-state index in [1.54, 1.807) is 0 Å². The molecule has 114 valence electrons. The summed E-state index contributed by atoms with van der Waals surface area (Å²) in [5.41, 5.74) is 6.93. The van der Waals surface area contributed by atoms with Crippen molar-refractivity contribution >= 4 is 17.6 Å². The van der Waals surface area contributed by atoms with Gasteiger partial charge in [-0.1, -0.05) is 24.6 Å². The molecule has 1 aliphatic rings. The second-order valence-electron chi connectivity index (χ2n) is 6.12. The summed E-state index contributed by atoms with van der Waals surface area (Å²) in [5.74, 6) is 0.674. The van der Waals surface area contributed by atoms with E-state index < -0.39 is 5.54 Å². The van der Waals surface area contributed by atoms with E-state index in [1.807, 2.05) is 31.2 Å². The van der Waals surface area contributed by atoms with Crippen LogP contribution in [0, 0.1) is 18.3 Å². The van der Waals surface area contributed by atoms with Gasteiger partial charge in [0, 0.05) is 5.69 Å². The van der Waals surface area contributed by atoms with Crippen LogP contribution in [0.4, 0.5) is 10.5 Å². The molecular weight excluding hydrogens is 264 g/mol. The number of nitrogens with one attached hydrogen (secondary N) is 3. The first-order valence-electron chi connectivity index (χ1n) is 7.42. The van der Waals surface area contributed by atoms with E-state index in [0.29, 0.717) is 5.92 Å². The van der Waals surface area contributed by atoms with Crippen LogP contribution in [0.5, 0.6) is 0 Å². The highest BCUT2D eigenvalue weighted by molar-refractivity contribution is 5.96. The number of carbonyl (C=O) groups is 1. The Hall–Kier alpha value is -2.04. The molecule has 1 aromatic rings. The van der Waals surface area contributed by atoms with Gasteiger partial charge in [-0.05, 0) is 50.7 Å². The SMILES string of the molecule is Cc1ccc(NC(=O)NC2(C(=N)N)CCC(C)CC2)cc1. The number of amidine groups is 1. The summed E-state index contributed by atoms with van der Waals surface area (Å²) in [4.78, 5) is 12.2. The monoisotopic (exact) mass is 288 g/mol. The van der Waals surface area contributed by atoms with Gasteiger partial charge in [-0.15, -0.1) is 0 Å². The molecule has 0 radical (unpaired) electrons. The highest BCUT2D eigenvalue weighted by atomic mass is 16.2. The van der Waals surface area contributed by atoms with Gasteiger partial charge >= 0.3 is 6.03 Å². The van der Waals surface area contributed by atoms with Crippen LogP contribution in [0.15, 0.2) is 24.3 Å². The minimum atomic E-state index is -0.693. The standard InChI is InChI=1S/C16H24N4O/c1-11-3-5-13(6-4-11)19-15(21)20-16(14(17)18)9-7-12(2)8-10-16/h3-6,12H,7-10H2,1-2H3,(H3,17,18)(H2,19,20,21). The maximum atomic E-state index is 12.2. The molecule has 0 aliphatic heterocycles. The van der Waals surface area contributed by atoms with Crippen molar-refractivity contribution in [2.45, 2.75) is 45.1 Å². The van der Waals surface area contributed by atoms with Crippen LogP contribution in [-0.2, 0) is 0 Å². The largest absolute Gasteiger partial charge is 0.386 e. The zero-order chi connectivity index (χ0) is 15.5. The fraction of sp³-hybridized carbons (Fsp3) is 0.500. The van der Waals surface area contributed by atoms with Gasteiger partial charge < -0.3 is 16.4 Å². The highest BCUT2D eigenvalue weighted by Crippen LogP contribution is 2.31. The second kappa shape index (κ2) is 6.16. The first kappa shape index (κ1) is 15.4. The molecule has 2 amide bonds. The van der Waals surface area contributed by atoms with Crippen molar-refractivity contribution in [2.24, 2.45) is 11.7 Å². The number of rotatable bonds is 3. The van der Waals surface area contributed by atoms with Gasteiger partial charge in [0.25, 0.3) is 0 Å². The van der Waals surface area contributed by atoms with Gasteiger partial charge in [0.1, 0.15) is 5.84 Å². The van der Waals surface area contributed by atoms with Gasteiger partial charge in [-0.2, -0.15) is 0 Å². The van der Waals surface area contributed by atoms with Crippen molar-refractivity contribution in [1.82, 2.24) is 5.32 Å². The van der Waals surface area contributed by atoms with Crippen molar-refractivity contribution in [3.05, 3.63) is 29.8 Å². The Kier molecular flexibility index (Phi) is 4.50. The molecular formula is C16H24N4O. The molecule has 5 N–H and O–H groups in total. The van der Waals surface area contributed by atoms with Crippen LogP contribution in [0.3, 0.4) is 0 Å². The lowest BCUT2D eigenvalue weighted by Crippen LogP contribution is -2.59. The van der Waals surface area contributed by atoms with Crippen LogP contribution in [0.25, 0.3) is 0 Å². The minimum Gasteiger partial charge on any atom is -0.386 e. The third-order valence-electron chi connectivity index (χ3n) is 4.31. The Bertz CT molecular complexity index is 516. The fourth-order valence-corrected chi connectivity index (χ4v) is 2.73. The maximum absolute atomic E-state index is 12.2. The Balaban J connectivity index is 2.02. The first-order chi connectivity index (χ1) is 9.91. The minimum absolute atomic E-state index is 0.0495. The lowest BCUT2D eigenvalue weighted by atomic mass is 9.76. The zero-order valence-electron chi connectivity index (χ0n) is 12.7. The lowest BCUT2D eigenvalue weighted by molar-refractivity contribution is 0.225. The molecule has 0 saturated heterocycles. The Morgan fingerprint density at radius 1 is 1.29 bits per heavy atom. The number of urea groups is 1. The lowest BCUT2D eigenvalue weighted by Gasteiger charge is -2.39. The molecule has 1 aliphatic carbocycles. The average molecular weight is 288 g/mol. The predicted molar refractivity (Wildman–Crippen MR) is 85.6 cm³/mol. The van der Waals surface area contributed by atoms with Gasteiger partial charge in [0.15, 0.2) is 0 Å². The summed E-state index contributed by atoms with van der Waals surface area (Å²) in [6.07, 6.45) is 3.41. The summed E-state index contributed by atoms with van der Waals surface area (Å²) >= 11 is 0. The molecule has 1 fully saturated rings. The number of hydrogen-bond acceptors (Lipinski definition) is 2. The van der Waals surface area contributed by atoms with E-state index in [1.165, 1.54) is 0 Å². The molecule has 1 saturated carbocycles. The molecule has 0 spiro atoms. The number of nitrogens with two attached hydrogens (primary N) is 1. The van der Waals surface area contributed by atoms with Crippen molar-refractivity contribution in [1.29, 1.82) is 5.41 Å². The van der Waals surface area contributed by atoms with Crippen LogP contribution < -0.4 is 16.4 Å². The third-order valence-corrected chi connectivity index (χ3v) is 4.31. The van der Waals surface area contributed by atoms with E-state index in [-0.39, 0.29) is 11.9 Å². The summed E-state index contributed by atoms with van der Waals surface area (Å²) in [5, 5.41) is 13.6. The molecule has 21 heavy (non-hydrogen) atoms. The van der Waals surface area contributed by atoms with Crippen molar-refractivity contribution < 1.29 is 4.79 Å². The number of anilines is 1. The van der Waals surface area contributed by atoms with E-state index in [0.717, 1.165) is 36.9 Å². The van der Waals surface area contributed by atoms with E-state index in [2.05, 4.69) is 17.6 Å². The van der Waals surface area contributed by atoms with E-state index in [4.69, 9.17) is 11.1 Å². The molecule has 0 aromatic heterocycles. The number of aryl methyl sites for hydroxylation is 1. The van der Waals surface area contributed by atoms with Gasteiger partial charge in [-0.25, -0.2) is 4.79 Å². The van der Waals surface area contributed by atoms with Crippen LogP contribution >= 0.6 is 0 Å². The molecule has 2 rings (SSSR count). The normalized spacial score (nSPS) is 25.1. The molecule has 5 nitrogen and oxygen atoms in total. The zero-order valence-corrected chi connectivity index (χ0v) is 12.7. The van der Waals surface area contributed by atoms with Crippen molar-refractivity contribution in [3.63, 3.8) is 0 Å². The molecule has 0 unspecified atom stereocenters. The fourth-order valence-electron chi connectivity index (χ4n) is 2.73. The highest BCUT2D eigenvalue weighted by Gasteiger charge is 2.38. The molecule has 5 heteroatoms. The average Bonchev–Trinajstić information content (AvgIpc) is 2.44. The summed E-state index contributed by atoms with van der Waals surface area (Å²) < 4.78 is 0. The summed E-state index contributed by atoms with van der Waals surface area (Å²) in [6, 6.07) is 7.30. The number of benzene rings is 1. The third kappa shape index (κ3) is 3.74. The number of hydrogen-bond donors (Lipinski definition) is 4.